The maximum absolute atomic E-state index is 13.1. The molecular weight excluding hydrogens is 490 g/mol. The standard InChI is InChI=1S/C24H27N3O6S2/c1-24-9-8-21(28)27(24)20(16-34-24)23(30)33-15-22(29)25-10-12-26(13-11-25)35(31,32)19-7-6-17-4-2-3-5-18(17)14-19/h2-7,14,20H,8-13,15-16H2,1H3/t20-,24-/m1/s1. The highest BCUT2D eigenvalue weighted by Gasteiger charge is 2.53. The van der Waals surface area contributed by atoms with Gasteiger partial charge in [0.15, 0.2) is 6.61 Å². The third-order valence-electron chi connectivity index (χ3n) is 7.00. The van der Waals surface area contributed by atoms with E-state index < -0.39 is 28.6 Å². The fourth-order valence-corrected chi connectivity index (χ4v) is 7.84. The highest BCUT2D eigenvalue weighted by molar-refractivity contribution is 8.01. The normalized spacial score (nSPS) is 25.2. The summed E-state index contributed by atoms with van der Waals surface area (Å²) >= 11 is 1.57. The first-order chi connectivity index (χ1) is 16.7. The Morgan fingerprint density at radius 1 is 1.09 bits per heavy atom. The number of carbonyl (C=O) groups is 3. The SMILES string of the molecule is C[C@@]12CCC(=O)N1[C@@H](C(=O)OCC(=O)N1CCN(S(=O)(=O)c3ccc4ccccc4c3)CC1)CS2. The first-order valence-electron chi connectivity index (χ1n) is 11.6. The van der Waals surface area contributed by atoms with Gasteiger partial charge in [-0.2, -0.15) is 4.31 Å². The van der Waals surface area contributed by atoms with Crippen molar-refractivity contribution in [2.75, 3.05) is 38.5 Å². The summed E-state index contributed by atoms with van der Waals surface area (Å²) < 4.78 is 32.9. The van der Waals surface area contributed by atoms with Gasteiger partial charge in [-0.05, 0) is 36.2 Å². The molecule has 3 aliphatic heterocycles. The summed E-state index contributed by atoms with van der Waals surface area (Å²) in [6.07, 6.45) is 1.12. The summed E-state index contributed by atoms with van der Waals surface area (Å²) in [5.74, 6) is -0.542. The van der Waals surface area contributed by atoms with Gasteiger partial charge >= 0.3 is 5.97 Å². The second-order valence-corrected chi connectivity index (χ2v) is 12.6. The topological polar surface area (TPSA) is 104 Å². The summed E-state index contributed by atoms with van der Waals surface area (Å²) in [5, 5.41) is 1.81. The van der Waals surface area contributed by atoms with Gasteiger partial charge in [-0.3, -0.25) is 9.59 Å². The Morgan fingerprint density at radius 2 is 1.80 bits per heavy atom. The molecule has 2 aromatic rings. The van der Waals surface area contributed by atoms with Gasteiger partial charge in [-0.15, -0.1) is 11.8 Å². The number of fused-ring (bicyclic) bond motifs is 2. The van der Waals surface area contributed by atoms with Crippen LogP contribution >= 0.6 is 11.8 Å². The first-order valence-corrected chi connectivity index (χ1v) is 14.0. The van der Waals surface area contributed by atoms with Crippen molar-refractivity contribution in [2.45, 2.75) is 35.6 Å². The van der Waals surface area contributed by atoms with Crippen LogP contribution in [-0.4, -0.2) is 89.8 Å². The molecule has 0 unspecified atom stereocenters. The van der Waals surface area contributed by atoms with E-state index in [1.807, 2.05) is 31.2 Å². The zero-order valence-corrected chi connectivity index (χ0v) is 21.0. The van der Waals surface area contributed by atoms with E-state index in [0.29, 0.717) is 18.6 Å². The predicted octanol–water partition coefficient (Wildman–Crippen LogP) is 1.67. The van der Waals surface area contributed by atoms with E-state index in [1.165, 1.54) is 9.21 Å². The molecule has 0 aliphatic carbocycles. The summed E-state index contributed by atoms with van der Waals surface area (Å²) in [6, 6.07) is 12.0. The number of carbonyl (C=O) groups excluding carboxylic acids is 3. The Kier molecular flexibility index (Phi) is 6.27. The lowest BCUT2D eigenvalue weighted by molar-refractivity contribution is -0.158. The third-order valence-corrected chi connectivity index (χ3v) is 10.4. The van der Waals surface area contributed by atoms with Crippen LogP contribution < -0.4 is 0 Å². The van der Waals surface area contributed by atoms with E-state index in [4.69, 9.17) is 4.74 Å². The van der Waals surface area contributed by atoms with E-state index in [1.54, 1.807) is 34.9 Å². The summed E-state index contributed by atoms with van der Waals surface area (Å²) in [5.41, 5.74) is 0. The number of hydrogen-bond donors (Lipinski definition) is 0. The molecule has 0 spiro atoms. The minimum atomic E-state index is -3.69. The quantitative estimate of drug-likeness (QED) is 0.556. The van der Waals surface area contributed by atoms with Crippen molar-refractivity contribution in [3.63, 3.8) is 0 Å². The number of esters is 1. The Bertz CT molecular complexity index is 1290. The molecule has 186 valence electrons. The number of benzene rings is 2. The average Bonchev–Trinajstić information content (AvgIpc) is 3.37. The van der Waals surface area contributed by atoms with Crippen LogP contribution in [0.5, 0.6) is 0 Å². The lowest BCUT2D eigenvalue weighted by atomic mass is 10.1. The zero-order chi connectivity index (χ0) is 24.8. The van der Waals surface area contributed by atoms with Gasteiger partial charge in [0.25, 0.3) is 5.91 Å². The Hall–Kier alpha value is -2.63. The van der Waals surface area contributed by atoms with Crippen molar-refractivity contribution in [1.29, 1.82) is 0 Å². The summed E-state index contributed by atoms with van der Waals surface area (Å²) in [4.78, 5) is 40.4. The number of piperazine rings is 1. The van der Waals surface area contributed by atoms with Crippen molar-refractivity contribution < 1.29 is 27.5 Å². The number of amides is 2. The molecule has 35 heavy (non-hydrogen) atoms. The smallest absolute Gasteiger partial charge is 0.330 e. The fourth-order valence-electron chi connectivity index (χ4n) is 4.97. The highest BCUT2D eigenvalue weighted by Crippen LogP contribution is 2.47. The minimum Gasteiger partial charge on any atom is -0.454 e. The van der Waals surface area contributed by atoms with Crippen LogP contribution in [0.4, 0.5) is 0 Å². The summed E-state index contributed by atoms with van der Waals surface area (Å²) in [7, 11) is -3.69. The lowest BCUT2D eigenvalue weighted by Gasteiger charge is -2.34. The summed E-state index contributed by atoms with van der Waals surface area (Å²) in [6.45, 7) is 2.28. The number of nitrogens with zero attached hydrogens (tertiary/aromatic N) is 3. The van der Waals surface area contributed by atoms with Crippen molar-refractivity contribution in [3.8, 4) is 0 Å². The Labute approximate surface area is 208 Å². The maximum Gasteiger partial charge on any atom is 0.330 e. The number of rotatable bonds is 5. The van der Waals surface area contributed by atoms with Crippen LogP contribution in [-0.2, 0) is 29.1 Å². The van der Waals surface area contributed by atoms with Crippen molar-refractivity contribution in [2.24, 2.45) is 0 Å². The van der Waals surface area contributed by atoms with Gasteiger partial charge in [-0.1, -0.05) is 30.3 Å². The van der Waals surface area contributed by atoms with Crippen LogP contribution in [0.3, 0.4) is 0 Å². The molecular formula is C24H27N3O6S2. The zero-order valence-electron chi connectivity index (χ0n) is 19.4. The molecule has 0 saturated carbocycles. The molecule has 2 amide bonds. The van der Waals surface area contributed by atoms with Crippen LogP contribution in [0.25, 0.3) is 10.8 Å². The molecule has 3 fully saturated rings. The lowest BCUT2D eigenvalue weighted by Crippen LogP contribution is -2.52. The van der Waals surface area contributed by atoms with Gasteiger partial charge in [0.05, 0.1) is 9.77 Å². The number of ether oxygens (including phenoxy) is 1. The maximum atomic E-state index is 13.1. The van der Waals surface area contributed by atoms with Crippen LogP contribution in [0.2, 0.25) is 0 Å². The molecule has 3 aliphatic rings. The van der Waals surface area contributed by atoms with Crippen LogP contribution in [0, 0.1) is 0 Å². The molecule has 3 saturated heterocycles. The van der Waals surface area contributed by atoms with Gasteiger partial charge in [0, 0.05) is 38.4 Å². The van der Waals surface area contributed by atoms with E-state index in [9.17, 15) is 22.8 Å². The molecule has 3 heterocycles. The average molecular weight is 518 g/mol. The Morgan fingerprint density at radius 3 is 2.54 bits per heavy atom. The van der Waals surface area contributed by atoms with Crippen LogP contribution in [0.15, 0.2) is 47.4 Å². The van der Waals surface area contributed by atoms with Gasteiger partial charge in [0.1, 0.15) is 6.04 Å². The molecule has 5 rings (SSSR count). The van der Waals surface area contributed by atoms with E-state index >= 15 is 0 Å². The molecule has 0 radical (unpaired) electrons. The molecule has 0 N–H and O–H groups in total. The monoisotopic (exact) mass is 517 g/mol. The molecule has 2 atom stereocenters. The van der Waals surface area contributed by atoms with E-state index in [0.717, 1.165) is 10.8 Å². The molecule has 9 nitrogen and oxygen atoms in total. The largest absolute Gasteiger partial charge is 0.454 e. The van der Waals surface area contributed by atoms with E-state index in [-0.39, 0.29) is 47.8 Å². The number of sulfonamides is 1. The van der Waals surface area contributed by atoms with Crippen molar-refractivity contribution in [1.82, 2.24) is 14.1 Å². The molecule has 2 aromatic carbocycles. The third kappa shape index (κ3) is 4.41. The number of thioether (sulfide) groups is 1. The predicted molar refractivity (Wildman–Crippen MR) is 131 cm³/mol. The molecule has 11 heteroatoms. The highest BCUT2D eigenvalue weighted by atomic mass is 32.2. The fraction of sp³-hybridized carbons (Fsp3) is 0.458. The van der Waals surface area contributed by atoms with Crippen molar-refractivity contribution in [3.05, 3.63) is 42.5 Å². The molecule has 0 aromatic heterocycles. The van der Waals surface area contributed by atoms with E-state index in [2.05, 4.69) is 0 Å². The van der Waals surface area contributed by atoms with Crippen LogP contribution in [0.1, 0.15) is 19.8 Å². The van der Waals surface area contributed by atoms with Gasteiger partial charge in [0.2, 0.25) is 15.9 Å². The first kappa shape index (κ1) is 24.1. The van der Waals surface area contributed by atoms with Gasteiger partial charge < -0.3 is 14.5 Å². The van der Waals surface area contributed by atoms with Crippen molar-refractivity contribution >= 4 is 50.3 Å². The molecule has 0 bridgehead atoms. The number of hydrogen-bond acceptors (Lipinski definition) is 7. The second kappa shape index (κ2) is 9.11. The Balaban J connectivity index is 1.15. The minimum absolute atomic E-state index is 0.0606. The van der Waals surface area contributed by atoms with Gasteiger partial charge in [-0.25, -0.2) is 13.2 Å². The second-order valence-electron chi connectivity index (χ2n) is 9.17.